The Bertz CT molecular complexity index is 103. The molecule has 0 aliphatic heterocycles. The molecule has 0 saturated heterocycles. The molecule has 3 atom stereocenters. The van der Waals surface area contributed by atoms with Crippen molar-refractivity contribution >= 4 is 0 Å². The van der Waals surface area contributed by atoms with Crippen LogP contribution in [0.3, 0.4) is 0 Å². The van der Waals surface area contributed by atoms with Crippen LogP contribution < -0.4 is 5.32 Å². The lowest BCUT2D eigenvalue weighted by molar-refractivity contribution is 0.480. The summed E-state index contributed by atoms with van der Waals surface area (Å²) in [7, 11) is 0. The van der Waals surface area contributed by atoms with Crippen LogP contribution in [0.15, 0.2) is 0 Å². The zero-order valence-electron chi connectivity index (χ0n) is 7.52. The van der Waals surface area contributed by atoms with Crippen molar-refractivity contribution in [2.24, 2.45) is 17.8 Å². The van der Waals surface area contributed by atoms with Gasteiger partial charge in [0.1, 0.15) is 0 Å². The molecule has 1 rings (SSSR count). The van der Waals surface area contributed by atoms with Gasteiger partial charge in [0.2, 0.25) is 0 Å². The zero-order valence-corrected chi connectivity index (χ0v) is 7.52. The second kappa shape index (κ2) is 2.91. The van der Waals surface area contributed by atoms with Gasteiger partial charge in [-0.2, -0.15) is 0 Å². The SMILES string of the molecule is CCNC(C)C1C(C)C1C. The quantitative estimate of drug-likeness (QED) is 0.633. The fourth-order valence-corrected chi connectivity index (χ4v) is 2.07. The minimum Gasteiger partial charge on any atom is -0.314 e. The molecule has 0 bridgehead atoms. The van der Waals surface area contributed by atoms with Crippen molar-refractivity contribution in [1.29, 1.82) is 0 Å². The molecular weight excluding hydrogens is 122 g/mol. The van der Waals surface area contributed by atoms with E-state index in [1.54, 1.807) is 0 Å². The van der Waals surface area contributed by atoms with Gasteiger partial charge in [-0.15, -0.1) is 0 Å². The Balaban J connectivity index is 2.24. The van der Waals surface area contributed by atoms with E-state index in [2.05, 4.69) is 33.0 Å². The van der Waals surface area contributed by atoms with Gasteiger partial charge < -0.3 is 5.32 Å². The summed E-state index contributed by atoms with van der Waals surface area (Å²) in [6.45, 7) is 10.3. The number of rotatable bonds is 3. The molecule has 60 valence electrons. The third-order valence-corrected chi connectivity index (χ3v) is 3.01. The standard InChI is InChI=1S/C9H19N/c1-5-10-8(4)9-6(2)7(9)3/h6-10H,5H2,1-4H3. The van der Waals surface area contributed by atoms with E-state index in [0.717, 1.165) is 30.3 Å². The third kappa shape index (κ3) is 1.34. The Kier molecular flexibility index (Phi) is 2.35. The van der Waals surface area contributed by atoms with Crippen LogP contribution >= 0.6 is 0 Å². The van der Waals surface area contributed by atoms with E-state index in [1.807, 2.05) is 0 Å². The van der Waals surface area contributed by atoms with Gasteiger partial charge in [-0.3, -0.25) is 0 Å². The Labute approximate surface area is 64.2 Å². The average molecular weight is 141 g/mol. The van der Waals surface area contributed by atoms with Crippen molar-refractivity contribution in [3.8, 4) is 0 Å². The first-order valence-corrected chi connectivity index (χ1v) is 4.41. The van der Waals surface area contributed by atoms with Gasteiger partial charge in [0, 0.05) is 6.04 Å². The molecule has 1 N–H and O–H groups in total. The van der Waals surface area contributed by atoms with Crippen molar-refractivity contribution < 1.29 is 0 Å². The molecule has 1 aliphatic carbocycles. The van der Waals surface area contributed by atoms with Gasteiger partial charge in [0.05, 0.1) is 0 Å². The van der Waals surface area contributed by atoms with Crippen molar-refractivity contribution in [1.82, 2.24) is 5.32 Å². The molecule has 1 fully saturated rings. The predicted molar refractivity (Wildman–Crippen MR) is 45.0 cm³/mol. The van der Waals surface area contributed by atoms with Gasteiger partial charge in [0.25, 0.3) is 0 Å². The molecule has 1 aliphatic rings. The maximum Gasteiger partial charge on any atom is 0.00721 e. The van der Waals surface area contributed by atoms with Gasteiger partial charge in [-0.25, -0.2) is 0 Å². The predicted octanol–water partition coefficient (Wildman–Crippen LogP) is 1.89. The van der Waals surface area contributed by atoms with Gasteiger partial charge in [-0.1, -0.05) is 20.8 Å². The Hall–Kier alpha value is -0.0400. The maximum absolute atomic E-state index is 3.47. The van der Waals surface area contributed by atoms with E-state index in [1.165, 1.54) is 0 Å². The van der Waals surface area contributed by atoms with Crippen molar-refractivity contribution in [3.05, 3.63) is 0 Å². The van der Waals surface area contributed by atoms with Crippen LogP contribution in [-0.2, 0) is 0 Å². The smallest absolute Gasteiger partial charge is 0.00721 e. The van der Waals surface area contributed by atoms with Crippen LogP contribution in [0.5, 0.6) is 0 Å². The molecule has 0 aromatic rings. The second-order valence-corrected chi connectivity index (χ2v) is 3.64. The van der Waals surface area contributed by atoms with E-state index in [0.29, 0.717) is 0 Å². The fraction of sp³-hybridized carbons (Fsp3) is 1.00. The molecule has 0 aromatic heterocycles. The molecule has 10 heavy (non-hydrogen) atoms. The molecule has 3 unspecified atom stereocenters. The summed E-state index contributed by atoms with van der Waals surface area (Å²) < 4.78 is 0. The number of hydrogen-bond acceptors (Lipinski definition) is 1. The first-order chi connectivity index (χ1) is 4.68. The number of nitrogens with one attached hydrogen (secondary N) is 1. The van der Waals surface area contributed by atoms with E-state index in [4.69, 9.17) is 0 Å². The van der Waals surface area contributed by atoms with Crippen LogP contribution in [0, 0.1) is 17.8 Å². The first kappa shape index (κ1) is 8.06. The summed E-state index contributed by atoms with van der Waals surface area (Å²) in [5.41, 5.74) is 0. The Morgan fingerprint density at radius 2 is 1.80 bits per heavy atom. The second-order valence-electron chi connectivity index (χ2n) is 3.64. The summed E-state index contributed by atoms with van der Waals surface area (Å²) >= 11 is 0. The molecule has 0 aromatic carbocycles. The Morgan fingerprint density at radius 3 is 2.10 bits per heavy atom. The lowest BCUT2D eigenvalue weighted by Gasteiger charge is -2.10. The van der Waals surface area contributed by atoms with Gasteiger partial charge in [-0.05, 0) is 31.2 Å². The van der Waals surface area contributed by atoms with Gasteiger partial charge in [0.15, 0.2) is 0 Å². The van der Waals surface area contributed by atoms with Crippen LogP contribution in [0.1, 0.15) is 27.7 Å². The number of hydrogen-bond donors (Lipinski definition) is 1. The van der Waals surface area contributed by atoms with E-state index < -0.39 is 0 Å². The zero-order chi connectivity index (χ0) is 7.72. The van der Waals surface area contributed by atoms with Crippen LogP contribution in [-0.4, -0.2) is 12.6 Å². The molecule has 1 saturated carbocycles. The van der Waals surface area contributed by atoms with Gasteiger partial charge >= 0.3 is 0 Å². The maximum atomic E-state index is 3.47. The minimum atomic E-state index is 0.731. The molecule has 1 heteroatoms. The summed E-state index contributed by atoms with van der Waals surface area (Å²) in [6.07, 6.45) is 0. The topological polar surface area (TPSA) is 12.0 Å². The highest BCUT2D eigenvalue weighted by Crippen LogP contribution is 2.47. The molecule has 0 amide bonds. The Morgan fingerprint density at radius 1 is 1.30 bits per heavy atom. The third-order valence-electron chi connectivity index (χ3n) is 3.01. The van der Waals surface area contributed by atoms with Crippen molar-refractivity contribution in [2.45, 2.75) is 33.7 Å². The summed E-state index contributed by atoms with van der Waals surface area (Å²) in [5.74, 6) is 2.85. The van der Waals surface area contributed by atoms with E-state index in [-0.39, 0.29) is 0 Å². The van der Waals surface area contributed by atoms with E-state index in [9.17, 15) is 0 Å². The molecule has 0 heterocycles. The highest BCUT2D eigenvalue weighted by Gasteiger charge is 2.45. The van der Waals surface area contributed by atoms with Crippen molar-refractivity contribution in [3.63, 3.8) is 0 Å². The lowest BCUT2D eigenvalue weighted by Crippen LogP contribution is -2.28. The van der Waals surface area contributed by atoms with Crippen LogP contribution in [0.2, 0.25) is 0 Å². The largest absolute Gasteiger partial charge is 0.314 e. The summed E-state index contributed by atoms with van der Waals surface area (Å²) in [6, 6.07) is 0.731. The lowest BCUT2D eigenvalue weighted by atomic mass is 10.2. The molecule has 0 spiro atoms. The molecular formula is C9H19N. The normalized spacial score (nSPS) is 41.4. The molecule has 0 radical (unpaired) electrons. The highest BCUT2D eigenvalue weighted by molar-refractivity contribution is 4.96. The first-order valence-electron chi connectivity index (χ1n) is 4.41. The minimum absolute atomic E-state index is 0.731. The molecule has 1 nitrogen and oxygen atoms in total. The summed E-state index contributed by atoms with van der Waals surface area (Å²) in [4.78, 5) is 0. The van der Waals surface area contributed by atoms with E-state index >= 15 is 0 Å². The monoisotopic (exact) mass is 141 g/mol. The summed E-state index contributed by atoms with van der Waals surface area (Å²) in [5, 5.41) is 3.47. The highest BCUT2D eigenvalue weighted by atomic mass is 14.9. The average Bonchev–Trinajstić information content (AvgIpc) is 2.42. The fourth-order valence-electron chi connectivity index (χ4n) is 2.07. The van der Waals surface area contributed by atoms with Crippen molar-refractivity contribution in [2.75, 3.05) is 6.54 Å². The van der Waals surface area contributed by atoms with Crippen LogP contribution in [0.25, 0.3) is 0 Å². The van der Waals surface area contributed by atoms with Crippen LogP contribution in [0.4, 0.5) is 0 Å².